The van der Waals surface area contributed by atoms with E-state index in [-0.39, 0.29) is 5.54 Å². The predicted molar refractivity (Wildman–Crippen MR) is 47.5 cm³/mol. The van der Waals surface area contributed by atoms with Crippen molar-refractivity contribution in [1.82, 2.24) is 4.90 Å². The Balaban J connectivity index is 2.37. The molecule has 66 valence electrons. The second-order valence-corrected chi connectivity index (χ2v) is 4.30. The summed E-state index contributed by atoms with van der Waals surface area (Å²) in [4.78, 5) is 2.39. The van der Waals surface area contributed by atoms with Gasteiger partial charge in [0.15, 0.2) is 0 Å². The minimum Gasteiger partial charge on any atom is -0.285 e. The van der Waals surface area contributed by atoms with Crippen LogP contribution in [0.3, 0.4) is 0 Å². The SMILES string of the molecule is C[C@H]1CCN2CC[C@H](C)C12C#N. The van der Waals surface area contributed by atoms with Crippen LogP contribution in [0.25, 0.3) is 0 Å². The summed E-state index contributed by atoms with van der Waals surface area (Å²) >= 11 is 0. The van der Waals surface area contributed by atoms with Gasteiger partial charge >= 0.3 is 0 Å². The molecule has 0 aliphatic carbocycles. The lowest BCUT2D eigenvalue weighted by molar-refractivity contribution is 0.184. The molecule has 2 rings (SSSR count). The highest BCUT2D eigenvalue weighted by Gasteiger charge is 2.54. The Hall–Kier alpha value is -0.550. The quantitative estimate of drug-likeness (QED) is 0.544. The third-order valence-corrected chi connectivity index (χ3v) is 3.87. The van der Waals surface area contributed by atoms with Gasteiger partial charge in [-0.05, 0) is 24.7 Å². The molecule has 2 atom stereocenters. The van der Waals surface area contributed by atoms with Crippen LogP contribution in [-0.2, 0) is 0 Å². The number of hydrogen-bond donors (Lipinski definition) is 0. The largest absolute Gasteiger partial charge is 0.285 e. The molecule has 12 heavy (non-hydrogen) atoms. The van der Waals surface area contributed by atoms with E-state index >= 15 is 0 Å². The van der Waals surface area contributed by atoms with E-state index in [9.17, 15) is 5.26 Å². The van der Waals surface area contributed by atoms with Crippen LogP contribution in [0.2, 0.25) is 0 Å². The molecule has 2 heterocycles. The van der Waals surface area contributed by atoms with E-state index < -0.39 is 0 Å². The second-order valence-electron chi connectivity index (χ2n) is 4.30. The van der Waals surface area contributed by atoms with E-state index in [4.69, 9.17) is 0 Å². The second kappa shape index (κ2) is 2.47. The van der Waals surface area contributed by atoms with Crippen LogP contribution in [0.4, 0.5) is 0 Å². The van der Waals surface area contributed by atoms with E-state index in [1.54, 1.807) is 0 Å². The van der Waals surface area contributed by atoms with Gasteiger partial charge < -0.3 is 0 Å². The van der Waals surface area contributed by atoms with Crippen molar-refractivity contribution in [3.63, 3.8) is 0 Å². The van der Waals surface area contributed by atoms with Crippen molar-refractivity contribution >= 4 is 0 Å². The Labute approximate surface area is 74.2 Å². The van der Waals surface area contributed by atoms with Gasteiger partial charge in [0.25, 0.3) is 0 Å². The zero-order valence-electron chi connectivity index (χ0n) is 7.88. The molecule has 0 N–H and O–H groups in total. The lowest BCUT2D eigenvalue weighted by Crippen LogP contribution is -2.44. The molecule has 2 heteroatoms. The summed E-state index contributed by atoms with van der Waals surface area (Å²) in [5.74, 6) is 1.14. The molecule has 0 spiro atoms. The minimum atomic E-state index is -0.0972. The summed E-state index contributed by atoms with van der Waals surface area (Å²) in [7, 11) is 0. The van der Waals surface area contributed by atoms with Gasteiger partial charge in [0, 0.05) is 13.1 Å². The third kappa shape index (κ3) is 0.728. The van der Waals surface area contributed by atoms with Crippen molar-refractivity contribution in [3.8, 4) is 6.07 Å². The summed E-state index contributed by atoms with van der Waals surface area (Å²) in [5.41, 5.74) is -0.0972. The van der Waals surface area contributed by atoms with Crippen LogP contribution in [0.5, 0.6) is 0 Å². The Bertz CT molecular complexity index is 214. The van der Waals surface area contributed by atoms with Gasteiger partial charge in [-0.15, -0.1) is 0 Å². The first-order valence-electron chi connectivity index (χ1n) is 4.88. The molecule has 2 aliphatic heterocycles. The van der Waals surface area contributed by atoms with Gasteiger partial charge in [-0.25, -0.2) is 0 Å². The van der Waals surface area contributed by atoms with Gasteiger partial charge in [-0.3, -0.25) is 4.90 Å². The first kappa shape index (κ1) is 8.07. The van der Waals surface area contributed by atoms with Crippen LogP contribution in [0.1, 0.15) is 26.7 Å². The van der Waals surface area contributed by atoms with Gasteiger partial charge in [0.05, 0.1) is 6.07 Å². The zero-order valence-corrected chi connectivity index (χ0v) is 7.88. The van der Waals surface area contributed by atoms with Gasteiger partial charge in [-0.1, -0.05) is 13.8 Å². The number of rotatable bonds is 0. The normalized spacial score (nSPS) is 39.4. The van der Waals surface area contributed by atoms with Crippen LogP contribution >= 0.6 is 0 Å². The third-order valence-electron chi connectivity index (χ3n) is 3.87. The van der Waals surface area contributed by atoms with E-state index in [0.29, 0.717) is 11.8 Å². The highest BCUT2D eigenvalue weighted by molar-refractivity contribution is 5.19. The summed E-state index contributed by atoms with van der Waals surface area (Å²) in [6, 6.07) is 2.56. The van der Waals surface area contributed by atoms with E-state index in [1.165, 1.54) is 12.8 Å². The molecule has 0 unspecified atom stereocenters. The molecule has 0 aromatic heterocycles. The Morgan fingerprint density at radius 3 is 2.08 bits per heavy atom. The molecule has 0 amide bonds. The lowest BCUT2D eigenvalue weighted by atomic mass is 9.79. The average molecular weight is 164 g/mol. The van der Waals surface area contributed by atoms with Crippen LogP contribution < -0.4 is 0 Å². The maximum absolute atomic E-state index is 9.28. The van der Waals surface area contributed by atoms with Gasteiger partial charge in [-0.2, -0.15) is 5.26 Å². The molecule has 0 aromatic rings. The monoisotopic (exact) mass is 164 g/mol. The van der Waals surface area contributed by atoms with Crippen molar-refractivity contribution in [1.29, 1.82) is 5.26 Å². The van der Waals surface area contributed by atoms with Gasteiger partial charge in [0.2, 0.25) is 0 Å². The topological polar surface area (TPSA) is 27.0 Å². The Morgan fingerprint density at radius 1 is 1.25 bits per heavy atom. The van der Waals surface area contributed by atoms with Gasteiger partial charge in [0.1, 0.15) is 5.54 Å². The lowest BCUT2D eigenvalue weighted by Gasteiger charge is -2.32. The number of nitrogens with zero attached hydrogens (tertiary/aromatic N) is 2. The fourth-order valence-electron chi connectivity index (χ4n) is 3.02. The van der Waals surface area contributed by atoms with Crippen molar-refractivity contribution < 1.29 is 0 Å². The van der Waals surface area contributed by atoms with Crippen molar-refractivity contribution in [2.75, 3.05) is 13.1 Å². The molecular weight excluding hydrogens is 148 g/mol. The first-order chi connectivity index (χ1) is 5.71. The Kier molecular flexibility index (Phi) is 1.66. The minimum absolute atomic E-state index is 0.0972. The smallest absolute Gasteiger partial charge is 0.114 e. The van der Waals surface area contributed by atoms with Crippen LogP contribution in [-0.4, -0.2) is 23.5 Å². The van der Waals surface area contributed by atoms with E-state index in [1.807, 2.05) is 0 Å². The standard InChI is InChI=1S/C10H16N2/c1-8-3-5-12-6-4-9(2)10(8,12)7-11/h8-9H,3-6H2,1-2H3/t8-,9-/m0/s1. The van der Waals surface area contributed by atoms with Crippen molar-refractivity contribution in [2.45, 2.75) is 32.2 Å². The molecule has 0 bridgehead atoms. The predicted octanol–water partition coefficient (Wildman–Crippen LogP) is 1.63. The Morgan fingerprint density at radius 2 is 1.75 bits per heavy atom. The fraction of sp³-hybridized carbons (Fsp3) is 0.900. The van der Waals surface area contributed by atoms with Crippen molar-refractivity contribution in [3.05, 3.63) is 0 Å². The first-order valence-corrected chi connectivity index (χ1v) is 4.88. The molecule has 0 saturated carbocycles. The number of nitriles is 1. The molecule has 2 fully saturated rings. The summed E-state index contributed by atoms with van der Waals surface area (Å²) in [6.07, 6.45) is 2.41. The highest BCUT2D eigenvalue weighted by atomic mass is 15.3. The summed E-state index contributed by atoms with van der Waals surface area (Å²) in [5, 5.41) is 9.28. The maximum atomic E-state index is 9.28. The highest BCUT2D eigenvalue weighted by Crippen LogP contribution is 2.45. The molecule has 2 saturated heterocycles. The molecule has 2 nitrogen and oxygen atoms in total. The molecule has 0 radical (unpaired) electrons. The number of fused-ring (bicyclic) bond motifs is 1. The van der Waals surface area contributed by atoms with Crippen molar-refractivity contribution in [2.24, 2.45) is 11.8 Å². The van der Waals surface area contributed by atoms with Crippen LogP contribution in [0.15, 0.2) is 0 Å². The van der Waals surface area contributed by atoms with E-state index in [2.05, 4.69) is 24.8 Å². The number of hydrogen-bond acceptors (Lipinski definition) is 2. The fourth-order valence-corrected chi connectivity index (χ4v) is 3.02. The maximum Gasteiger partial charge on any atom is 0.114 e. The molecule has 2 aliphatic rings. The molecular formula is C10H16N2. The average Bonchev–Trinajstić information content (AvgIpc) is 2.54. The summed E-state index contributed by atoms with van der Waals surface area (Å²) in [6.45, 7) is 6.73. The summed E-state index contributed by atoms with van der Waals surface area (Å²) < 4.78 is 0. The zero-order chi connectivity index (χ0) is 8.77. The van der Waals surface area contributed by atoms with Crippen LogP contribution in [0, 0.1) is 23.2 Å². The molecule has 0 aromatic carbocycles. The van der Waals surface area contributed by atoms with E-state index in [0.717, 1.165) is 13.1 Å².